The first kappa shape index (κ1) is 13.1. The van der Waals surface area contributed by atoms with Gasteiger partial charge in [0.25, 0.3) is 0 Å². The third kappa shape index (κ3) is 3.85. The van der Waals surface area contributed by atoms with Crippen LogP contribution in [0.5, 0.6) is 0 Å². The van der Waals surface area contributed by atoms with Gasteiger partial charge in [0.15, 0.2) is 5.96 Å². The van der Waals surface area contributed by atoms with Crippen LogP contribution >= 0.6 is 0 Å². The minimum Gasteiger partial charge on any atom is -0.370 e. The molecule has 0 spiro atoms. The van der Waals surface area contributed by atoms with Crippen molar-refractivity contribution in [3.63, 3.8) is 0 Å². The van der Waals surface area contributed by atoms with Crippen molar-refractivity contribution < 1.29 is 0 Å². The minimum atomic E-state index is 0.437. The van der Waals surface area contributed by atoms with Crippen LogP contribution in [0.15, 0.2) is 53.5 Å². The van der Waals surface area contributed by atoms with E-state index in [0.717, 1.165) is 5.69 Å². The van der Waals surface area contributed by atoms with Gasteiger partial charge in [0.05, 0.1) is 6.54 Å². The van der Waals surface area contributed by atoms with E-state index >= 15 is 0 Å². The predicted octanol–water partition coefficient (Wildman–Crippen LogP) is 3.23. The molecule has 0 saturated carbocycles. The van der Waals surface area contributed by atoms with Crippen LogP contribution in [0.2, 0.25) is 0 Å². The summed E-state index contributed by atoms with van der Waals surface area (Å²) in [7, 11) is 0. The third-order valence-corrected chi connectivity index (χ3v) is 3.00. The number of nitrogens with zero attached hydrogens (tertiary/aromatic N) is 1. The maximum atomic E-state index is 5.88. The highest BCUT2D eigenvalue weighted by molar-refractivity contribution is 5.92. The molecule has 0 amide bonds. The SMILES string of the molecule is Cc1ccc(NC(N)=NCc2ccccc2C)cc1. The second-order valence-electron chi connectivity index (χ2n) is 4.62. The summed E-state index contributed by atoms with van der Waals surface area (Å²) in [5.41, 5.74) is 10.5. The fourth-order valence-electron chi connectivity index (χ4n) is 1.78. The maximum absolute atomic E-state index is 5.88. The van der Waals surface area contributed by atoms with Crippen molar-refractivity contribution >= 4 is 11.6 Å². The summed E-state index contributed by atoms with van der Waals surface area (Å²) in [5, 5.41) is 3.09. The molecular weight excluding hydrogens is 234 g/mol. The Kier molecular flexibility index (Phi) is 4.18. The van der Waals surface area contributed by atoms with Crippen molar-refractivity contribution in [3.8, 4) is 0 Å². The van der Waals surface area contributed by atoms with Crippen LogP contribution in [0.1, 0.15) is 16.7 Å². The highest BCUT2D eigenvalue weighted by atomic mass is 15.1. The third-order valence-electron chi connectivity index (χ3n) is 3.00. The molecule has 2 aromatic rings. The molecule has 2 aromatic carbocycles. The smallest absolute Gasteiger partial charge is 0.193 e. The van der Waals surface area contributed by atoms with Crippen LogP contribution in [0.4, 0.5) is 5.69 Å². The van der Waals surface area contributed by atoms with Crippen molar-refractivity contribution in [1.82, 2.24) is 0 Å². The topological polar surface area (TPSA) is 50.4 Å². The van der Waals surface area contributed by atoms with Gasteiger partial charge in [-0.3, -0.25) is 0 Å². The molecule has 0 aliphatic heterocycles. The Hall–Kier alpha value is -2.29. The van der Waals surface area contributed by atoms with Crippen LogP contribution < -0.4 is 11.1 Å². The Morgan fingerprint density at radius 2 is 1.74 bits per heavy atom. The molecule has 19 heavy (non-hydrogen) atoms. The van der Waals surface area contributed by atoms with Gasteiger partial charge in [-0.05, 0) is 37.1 Å². The van der Waals surface area contributed by atoms with Crippen LogP contribution in [0, 0.1) is 13.8 Å². The molecule has 0 heterocycles. The molecule has 3 nitrogen and oxygen atoms in total. The number of nitrogens with one attached hydrogen (secondary N) is 1. The fourth-order valence-corrected chi connectivity index (χ4v) is 1.78. The summed E-state index contributed by atoms with van der Waals surface area (Å²) in [4.78, 5) is 4.36. The highest BCUT2D eigenvalue weighted by Crippen LogP contribution is 2.10. The Labute approximate surface area is 114 Å². The second kappa shape index (κ2) is 6.05. The van der Waals surface area contributed by atoms with E-state index in [1.165, 1.54) is 16.7 Å². The molecule has 0 aliphatic rings. The Morgan fingerprint density at radius 3 is 2.42 bits per heavy atom. The number of aliphatic imine (C=N–C) groups is 1. The van der Waals surface area contributed by atoms with E-state index in [1.807, 2.05) is 36.4 Å². The molecule has 98 valence electrons. The van der Waals surface area contributed by atoms with E-state index in [9.17, 15) is 0 Å². The lowest BCUT2D eigenvalue weighted by molar-refractivity contribution is 1.04. The number of hydrogen-bond acceptors (Lipinski definition) is 1. The van der Waals surface area contributed by atoms with Gasteiger partial charge in [-0.15, -0.1) is 0 Å². The molecule has 0 unspecified atom stereocenters. The summed E-state index contributed by atoms with van der Waals surface area (Å²) in [6.45, 7) is 4.73. The van der Waals surface area contributed by atoms with Crippen LogP contribution in [0.3, 0.4) is 0 Å². The summed E-state index contributed by atoms with van der Waals surface area (Å²) >= 11 is 0. The number of benzene rings is 2. The normalized spacial score (nSPS) is 11.4. The van der Waals surface area contributed by atoms with Gasteiger partial charge >= 0.3 is 0 Å². The quantitative estimate of drug-likeness (QED) is 0.651. The first-order valence-electron chi connectivity index (χ1n) is 6.33. The summed E-state index contributed by atoms with van der Waals surface area (Å²) in [5.74, 6) is 0.437. The monoisotopic (exact) mass is 253 g/mol. The average Bonchev–Trinajstić information content (AvgIpc) is 2.40. The lowest BCUT2D eigenvalue weighted by Crippen LogP contribution is -2.22. The number of hydrogen-bond donors (Lipinski definition) is 2. The van der Waals surface area contributed by atoms with Crippen molar-refractivity contribution in [2.24, 2.45) is 10.7 Å². The zero-order valence-corrected chi connectivity index (χ0v) is 11.4. The van der Waals surface area contributed by atoms with Crippen molar-refractivity contribution in [1.29, 1.82) is 0 Å². The number of nitrogens with two attached hydrogens (primary N) is 1. The summed E-state index contributed by atoms with van der Waals surface area (Å²) < 4.78 is 0. The molecule has 0 bridgehead atoms. The van der Waals surface area contributed by atoms with Gasteiger partial charge in [0.2, 0.25) is 0 Å². The zero-order chi connectivity index (χ0) is 13.7. The predicted molar refractivity (Wildman–Crippen MR) is 81.3 cm³/mol. The van der Waals surface area contributed by atoms with Crippen LogP contribution in [0.25, 0.3) is 0 Å². The zero-order valence-electron chi connectivity index (χ0n) is 11.4. The van der Waals surface area contributed by atoms with E-state index in [2.05, 4.69) is 36.3 Å². The standard InChI is InChI=1S/C16H19N3/c1-12-7-9-15(10-8-12)19-16(17)18-11-14-6-4-3-5-13(14)2/h3-10H,11H2,1-2H3,(H3,17,18,19). The lowest BCUT2D eigenvalue weighted by Gasteiger charge is -2.07. The number of aryl methyl sites for hydroxylation is 2. The second-order valence-corrected chi connectivity index (χ2v) is 4.62. The Balaban J connectivity index is 2.00. The van der Waals surface area contributed by atoms with Crippen LogP contribution in [-0.4, -0.2) is 5.96 Å². The van der Waals surface area contributed by atoms with Gasteiger partial charge in [-0.1, -0.05) is 42.0 Å². The Bertz CT molecular complexity index is 571. The molecule has 0 aromatic heterocycles. The maximum Gasteiger partial charge on any atom is 0.193 e. The van der Waals surface area contributed by atoms with Gasteiger partial charge in [-0.25, -0.2) is 4.99 Å². The molecule has 0 saturated heterocycles. The highest BCUT2D eigenvalue weighted by Gasteiger charge is 1.97. The molecule has 2 rings (SSSR count). The van der Waals surface area contributed by atoms with Crippen LogP contribution in [-0.2, 0) is 6.54 Å². The van der Waals surface area contributed by atoms with Gasteiger partial charge in [-0.2, -0.15) is 0 Å². The number of anilines is 1. The van der Waals surface area contributed by atoms with E-state index in [0.29, 0.717) is 12.5 Å². The Morgan fingerprint density at radius 1 is 1.05 bits per heavy atom. The first-order valence-corrected chi connectivity index (χ1v) is 6.33. The molecular formula is C16H19N3. The fraction of sp³-hybridized carbons (Fsp3) is 0.188. The average molecular weight is 253 g/mol. The summed E-state index contributed by atoms with van der Waals surface area (Å²) in [6, 6.07) is 16.2. The largest absolute Gasteiger partial charge is 0.370 e. The molecule has 0 radical (unpaired) electrons. The molecule has 3 heteroatoms. The van der Waals surface area contributed by atoms with Gasteiger partial charge in [0.1, 0.15) is 0 Å². The van der Waals surface area contributed by atoms with E-state index in [-0.39, 0.29) is 0 Å². The lowest BCUT2D eigenvalue weighted by atomic mass is 10.1. The van der Waals surface area contributed by atoms with E-state index in [4.69, 9.17) is 5.73 Å². The van der Waals surface area contributed by atoms with Gasteiger partial charge < -0.3 is 11.1 Å². The van der Waals surface area contributed by atoms with Crippen molar-refractivity contribution in [3.05, 3.63) is 65.2 Å². The molecule has 0 fully saturated rings. The minimum absolute atomic E-state index is 0.437. The molecule has 3 N–H and O–H groups in total. The van der Waals surface area contributed by atoms with Gasteiger partial charge in [0, 0.05) is 5.69 Å². The van der Waals surface area contributed by atoms with E-state index < -0.39 is 0 Å². The molecule has 0 aliphatic carbocycles. The molecule has 0 atom stereocenters. The number of rotatable bonds is 3. The first-order chi connectivity index (χ1) is 9.15. The van der Waals surface area contributed by atoms with E-state index in [1.54, 1.807) is 0 Å². The summed E-state index contributed by atoms with van der Waals surface area (Å²) in [6.07, 6.45) is 0. The van der Waals surface area contributed by atoms with Crippen molar-refractivity contribution in [2.75, 3.05) is 5.32 Å². The van der Waals surface area contributed by atoms with Crippen molar-refractivity contribution in [2.45, 2.75) is 20.4 Å². The number of guanidine groups is 1.